The van der Waals surface area contributed by atoms with Gasteiger partial charge in [0.1, 0.15) is 11.6 Å². The summed E-state index contributed by atoms with van der Waals surface area (Å²) in [6.45, 7) is 6.38. The Hall–Kier alpha value is -2.38. The third-order valence-electron chi connectivity index (χ3n) is 5.00. The third kappa shape index (κ3) is 6.07. The van der Waals surface area contributed by atoms with Gasteiger partial charge in [-0.25, -0.2) is 4.39 Å². The van der Waals surface area contributed by atoms with E-state index in [0.29, 0.717) is 5.11 Å². The molecule has 0 spiro atoms. The van der Waals surface area contributed by atoms with E-state index in [1.165, 1.54) is 17.8 Å². The normalized spacial score (nSPS) is 14.6. The molecule has 7 heteroatoms. The summed E-state index contributed by atoms with van der Waals surface area (Å²) in [5, 5.41) is 6.87. The molecule has 0 aliphatic carbocycles. The Kier molecular flexibility index (Phi) is 7.45. The molecule has 1 aliphatic rings. The summed E-state index contributed by atoms with van der Waals surface area (Å²) in [6, 6.07) is 14.5. The molecule has 1 fully saturated rings. The maximum Gasteiger partial charge on any atom is 0.170 e. The summed E-state index contributed by atoms with van der Waals surface area (Å²) in [5.74, 6) is 0.645. The van der Waals surface area contributed by atoms with Crippen LogP contribution in [0.1, 0.15) is 6.42 Å². The van der Waals surface area contributed by atoms with Crippen molar-refractivity contribution in [1.29, 1.82) is 0 Å². The van der Waals surface area contributed by atoms with E-state index in [1.807, 2.05) is 12.1 Å². The molecule has 2 aromatic carbocycles. The number of methoxy groups -OCH3 is 1. The van der Waals surface area contributed by atoms with Crippen molar-refractivity contribution in [3.63, 3.8) is 0 Å². The van der Waals surface area contributed by atoms with Gasteiger partial charge in [-0.15, -0.1) is 0 Å². The van der Waals surface area contributed by atoms with Crippen LogP contribution in [0.3, 0.4) is 0 Å². The van der Waals surface area contributed by atoms with E-state index in [9.17, 15) is 4.39 Å². The maximum absolute atomic E-state index is 12.9. The van der Waals surface area contributed by atoms with Crippen molar-refractivity contribution in [3.05, 3.63) is 54.3 Å². The smallest absolute Gasteiger partial charge is 0.170 e. The van der Waals surface area contributed by atoms with Gasteiger partial charge in [0.15, 0.2) is 5.11 Å². The number of ether oxygens (including phenoxy) is 1. The Morgan fingerprint density at radius 1 is 1.11 bits per heavy atom. The number of benzene rings is 2. The fourth-order valence-electron chi connectivity index (χ4n) is 3.37. The van der Waals surface area contributed by atoms with Gasteiger partial charge in [0.05, 0.1) is 39.8 Å². The Labute approximate surface area is 171 Å². The number of hydrogen-bond acceptors (Lipinski definition) is 3. The number of rotatable bonds is 7. The van der Waals surface area contributed by atoms with Gasteiger partial charge in [0, 0.05) is 24.3 Å². The quantitative estimate of drug-likeness (QED) is 0.487. The highest BCUT2D eigenvalue weighted by atomic mass is 32.1. The summed E-state index contributed by atoms with van der Waals surface area (Å²) in [5.41, 5.74) is 2.05. The van der Waals surface area contributed by atoms with Gasteiger partial charge in [-0.3, -0.25) is 0 Å². The van der Waals surface area contributed by atoms with E-state index < -0.39 is 0 Å². The minimum Gasteiger partial charge on any atom is -0.497 e. The number of quaternary nitrogens is 1. The zero-order valence-electron chi connectivity index (χ0n) is 16.2. The molecule has 0 aromatic heterocycles. The summed E-state index contributed by atoms with van der Waals surface area (Å²) in [4.78, 5) is 4.06. The average Bonchev–Trinajstić information content (AvgIpc) is 2.73. The van der Waals surface area contributed by atoms with E-state index in [0.717, 1.165) is 57.1 Å². The topological polar surface area (TPSA) is 41.0 Å². The fourth-order valence-corrected chi connectivity index (χ4v) is 3.59. The van der Waals surface area contributed by atoms with Crippen LogP contribution in [-0.2, 0) is 0 Å². The van der Waals surface area contributed by atoms with Crippen LogP contribution in [0.5, 0.6) is 5.75 Å². The summed E-state index contributed by atoms with van der Waals surface area (Å²) >= 11 is 5.29. The molecule has 28 heavy (non-hydrogen) atoms. The molecule has 0 saturated carbocycles. The summed E-state index contributed by atoms with van der Waals surface area (Å²) in [7, 11) is 1.69. The second-order valence-electron chi connectivity index (χ2n) is 6.93. The van der Waals surface area contributed by atoms with Crippen molar-refractivity contribution >= 4 is 28.7 Å². The number of nitrogens with one attached hydrogen (secondary N) is 3. The van der Waals surface area contributed by atoms with Crippen LogP contribution in [0.15, 0.2) is 48.5 Å². The average molecular weight is 404 g/mol. The van der Waals surface area contributed by atoms with Gasteiger partial charge in [-0.05, 0) is 60.7 Å². The molecule has 0 amide bonds. The Morgan fingerprint density at radius 3 is 2.43 bits per heavy atom. The van der Waals surface area contributed by atoms with E-state index in [-0.39, 0.29) is 5.82 Å². The van der Waals surface area contributed by atoms with Crippen LogP contribution in [0, 0.1) is 5.82 Å². The van der Waals surface area contributed by atoms with Crippen molar-refractivity contribution in [2.24, 2.45) is 0 Å². The van der Waals surface area contributed by atoms with E-state index in [4.69, 9.17) is 17.0 Å². The highest BCUT2D eigenvalue weighted by Crippen LogP contribution is 2.18. The fraction of sp³-hybridized carbons (Fsp3) is 0.381. The minimum absolute atomic E-state index is 0.250. The SMILES string of the molecule is COc1ccc(N2CC[NH+](CCCNC(=S)Nc3ccc(F)cc3)CC2)cc1. The molecule has 2 aromatic rings. The highest BCUT2D eigenvalue weighted by Gasteiger charge is 2.19. The van der Waals surface area contributed by atoms with Crippen LogP contribution < -0.4 is 25.2 Å². The van der Waals surface area contributed by atoms with Crippen LogP contribution in [0.25, 0.3) is 0 Å². The monoisotopic (exact) mass is 403 g/mol. The number of piperazine rings is 1. The zero-order chi connectivity index (χ0) is 19.8. The molecule has 0 atom stereocenters. The molecule has 5 nitrogen and oxygen atoms in total. The lowest BCUT2D eigenvalue weighted by Gasteiger charge is -2.33. The highest BCUT2D eigenvalue weighted by molar-refractivity contribution is 7.80. The molecule has 0 unspecified atom stereocenters. The number of halogens is 1. The first-order valence-corrected chi connectivity index (χ1v) is 10.1. The molecular weight excluding hydrogens is 375 g/mol. The lowest BCUT2D eigenvalue weighted by molar-refractivity contribution is -0.900. The van der Waals surface area contributed by atoms with Crippen LogP contribution in [-0.4, -0.2) is 51.5 Å². The van der Waals surface area contributed by atoms with Crippen molar-refractivity contribution in [2.45, 2.75) is 6.42 Å². The van der Waals surface area contributed by atoms with Gasteiger partial charge in [0.2, 0.25) is 0 Å². The van der Waals surface area contributed by atoms with Crippen LogP contribution in [0.4, 0.5) is 15.8 Å². The maximum atomic E-state index is 12.9. The Morgan fingerprint density at radius 2 is 1.79 bits per heavy atom. The van der Waals surface area contributed by atoms with Crippen LogP contribution in [0.2, 0.25) is 0 Å². The molecule has 3 rings (SSSR count). The first-order valence-electron chi connectivity index (χ1n) is 9.67. The molecule has 0 bridgehead atoms. The largest absolute Gasteiger partial charge is 0.497 e. The molecule has 1 saturated heterocycles. The second kappa shape index (κ2) is 10.2. The van der Waals surface area contributed by atoms with Gasteiger partial charge >= 0.3 is 0 Å². The first kappa shape index (κ1) is 20.4. The first-order chi connectivity index (χ1) is 13.6. The van der Waals surface area contributed by atoms with Gasteiger partial charge in [0.25, 0.3) is 0 Å². The predicted molar refractivity (Wildman–Crippen MR) is 116 cm³/mol. The number of nitrogens with zero attached hydrogens (tertiary/aromatic N) is 1. The lowest BCUT2D eigenvalue weighted by atomic mass is 10.2. The van der Waals surface area contributed by atoms with Crippen LogP contribution >= 0.6 is 12.2 Å². The van der Waals surface area contributed by atoms with Crippen molar-refractivity contribution in [3.8, 4) is 5.75 Å². The van der Waals surface area contributed by atoms with Crippen molar-refractivity contribution < 1.29 is 14.0 Å². The zero-order valence-corrected chi connectivity index (χ0v) is 17.0. The molecule has 1 heterocycles. The standard InChI is InChI=1S/C21H27FN4OS/c1-27-20-9-7-19(8-10-20)26-15-13-25(14-16-26)12-2-11-23-21(28)24-18-5-3-17(22)4-6-18/h3-10H,2,11-16H2,1H3,(H2,23,24,28)/p+1. The second-order valence-corrected chi connectivity index (χ2v) is 7.33. The summed E-state index contributed by atoms with van der Waals surface area (Å²) in [6.07, 6.45) is 1.06. The third-order valence-corrected chi connectivity index (χ3v) is 5.25. The Balaban J connectivity index is 1.31. The number of thiocarbonyl (C=S) groups is 1. The van der Waals surface area contributed by atoms with E-state index in [1.54, 1.807) is 24.1 Å². The molecule has 3 N–H and O–H groups in total. The molecular formula is C21H28FN4OS+. The van der Waals surface area contributed by atoms with Gasteiger partial charge in [-0.1, -0.05) is 0 Å². The lowest BCUT2D eigenvalue weighted by Crippen LogP contribution is -3.15. The number of anilines is 2. The summed E-state index contributed by atoms with van der Waals surface area (Å²) < 4.78 is 18.1. The Bertz CT molecular complexity index is 746. The van der Waals surface area contributed by atoms with Crippen molar-refractivity contribution in [2.75, 3.05) is 56.6 Å². The van der Waals surface area contributed by atoms with Crippen molar-refractivity contribution in [1.82, 2.24) is 5.32 Å². The van der Waals surface area contributed by atoms with E-state index >= 15 is 0 Å². The molecule has 1 aliphatic heterocycles. The van der Waals surface area contributed by atoms with E-state index in [2.05, 4.69) is 27.7 Å². The number of hydrogen-bond donors (Lipinski definition) is 3. The minimum atomic E-state index is -0.250. The van der Waals surface area contributed by atoms with Gasteiger partial charge < -0.3 is 25.2 Å². The predicted octanol–water partition coefficient (Wildman–Crippen LogP) is 1.92. The van der Waals surface area contributed by atoms with Gasteiger partial charge in [-0.2, -0.15) is 0 Å². The molecule has 150 valence electrons. The molecule has 0 radical (unpaired) electrons.